The molecule has 1 saturated carbocycles. The van der Waals surface area contributed by atoms with Crippen molar-refractivity contribution in [3.63, 3.8) is 0 Å². The molecular formula is C17H24ClNO. The van der Waals surface area contributed by atoms with Crippen LogP contribution >= 0.6 is 11.6 Å². The maximum absolute atomic E-state index is 12.1. The molecule has 0 spiro atoms. The molecule has 1 aliphatic carbocycles. The van der Waals surface area contributed by atoms with E-state index in [-0.39, 0.29) is 11.3 Å². The molecule has 1 fully saturated rings. The van der Waals surface area contributed by atoms with Gasteiger partial charge in [-0.3, -0.25) is 4.79 Å². The molecule has 2 rings (SSSR count). The molecule has 0 saturated heterocycles. The van der Waals surface area contributed by atoms with Gasteiger partial charge in [-0.1, -0.05) is 43.5 Å². The summed E-state index contributed by atoms with van der Waals surface area (Å²) in [6, 6.07) is 8.05. The fourth-order valence-corrected chi connectivity index (χ4v) is 3.35. The number of carbonyl (C=O) groups excluding carboxylic acids is 1. The van der Waals surface area contributed by atoms with E-state index >= 15 is 0 Å². The summed E-state index contributed by atoms with van der Waals surface area (Å²) in [4.78, 5) is 12.1. The van der Waals surface area contributed by atoms with E-state index in [0.717, 1.165) is 24.9 Å². The van der Waals surface area contributed by atoms with Crippen LogP contribution in [0.3, 0.4) is 0 Å². The first kappa shape index (κ1) is 15.4. The van der Waals surface area contributed by atoms with Crippen molar-refractivity contribution in [1.29, 1.82) is 0 Å². The van der Waals surface area contributed by atoms with Gasteiger partial charge < -0.3 is 5.32 Å². The zero-order chi connectivity index (χ0) is 14.4. The molecular weight excluding hydrogens is 270 g/mol. The van der Waals surface area contributed by atoms with E-state index in [0.29, 0.717) is 12.3 Å². The van der Waals surface area contributed by atoms with Crippen LogP contribution < -0.4 is 5.32 Å². The van der Waals surface area contributed by atoms with Gasteiger partial charge in [-0.25, -0.2) is 0 Å². The third kappa shape index (κ3) is 3.99. The fourth-order valence-electron chi connectivity index (χ4n) is 2.99. The van der Waals surface area contributed by atoms with Crippen LogP contribution in [0.25, 0.3) is 0 Å². The van der Waals surface area contributed by atoms with Crippen molar-refractivity contribution in [2.45, 2.75) is 45.4 Å². The van der Waals surface area contributed by atoms with Gasteiger partial charge in [-0.05, 0) is 30.9 Å². The van der Waals surface area contributed by atoms with E-state index in [1.165, 1.54) is 24.8 Å². The van der Waals surface area contributed by atoms with Gasteiger partial charge >= 0.3 is 0 Å². The first-order valence-electron chi connectivity index (χ1n) is 7.52. The van der Waals surface area contributed by atoms with E-state index in [1.807, 2.05) is 31.2 Å². The second-order valence-electron chi connectivity index (χ2n) is 6.07. The summed E-state index contributed by atoms with van der Waals surface area (Å²) in [5.41, 5.74) is 2.40. The number of nitrogens with one attached hydrogen (secondary N) is 1. The van der Waals surface area contributed by atoms with Gasteiger partial charge in [0.25, 0.3) is 0 Å². The number of carbonyl (C=O) groups is 1. The first-order valence-corrected chi connectivity index (χ1v) is 8.06. The number of aryl methyl sites for hydroxylation is 1. The van der Waals surface area contributed by atoms with Gasteiger partial charge in [-0.2, -0.15) is 0 Å². The Morgan fingerprint density at radius 3 is 2.60 bits per heavy atom. The molecule has 0 heterocycles. The number of rotatable bonds is 5. The molecule has 1 aromatic rings. The van der Waals surface area contributed by atoms with Gasteiger partial charge in [0.1, 0.15) is 0 Å². The summed E-state index contributed by atoms with van der Waals surface area (Å²) in [7, 11) is 0. The second-order valence-corrected chi connectivity index (χ2v) is 6.34. The Morgan fingerprint density at radius 2 is 1.95 bits per heavy atom. The maximum atomic E-state index is 12.1. The van der Waals surface area contributed by atoms with Crippen LogP contribution in [0.2, 0.25) is 0 Å². The van der Waals surface area contributed by atoms with Crippen molar-refractivity contribution in [2.75, 3.05) is 12.4 Å². The maximum Gasteiger partial charge on any atom is 0.224 e. The third-order valence-corrected chi connectivity index (χ3v) is 5.04. The SMILES string of the molecule is Cc1ccccc1CC(=O)NCC1(CCl)CCCCC1. The van der Waals surface area contributed by atoms with Crippen LogP contribution in [0.4, 0.5) is 0 Å². The molecule has 20 heavy (non-hydrogen) atoms. The Morgan fingerprint density at radius 1 is 1.25 bits per heavy atom. The van der Waals surface area contributed by atoms with E-state index in [1.54, 1.807) is 0 Å². The summed E-state index contributed by atoms with van der Waals surface area (Å²) >= 11 is 6.15. The van der Waals surface area contributed by atoms with Gasteiger partial charge in [0.15, 0.2) is 0 Å². The number of hydrogen-bond acceptors (Lipinski definition) is 1. The molecule has 1 aliphatic rings. The highest BCUT2D eigenvalue weighted by Gasteiger charge is 2.31. The topological polar surface area (TPSA) is 29.1 Å². The molecule has 0 aliphatic heterocycles. The smallest absolute Gasteiger partial charge is 0.224 e. The number of benzene rings is 1. The van der Waals surface area contributed by atoms with Crippen molar-refractivity contribution in [1.82, 2.24) is 5.32 Å². The third-order valence-electron chi connectivity index (χ3n) is 4.47. The van der Waals surface area contributed by atoms with E-state index in [4.69, 9.17) is 11.6 Å². The Bertz CT molecular complexity index is 452. The van der Waals surface area contributed by atoms with Crippen molar-refractivity contribution in [2.24, 2.45) is 5.41 Å². The molecule has 0 atom stereocenters. The van der Waals surface area contributed by atoms with Crippen LogP contribution in [-0.2, 0) is 11.2 Å². The quantitative estimate of drug-likeness (QED) is 0.821. The minimum atomic E-state index is 0.106. The number of alkyl halides is 1. The van der Waals surface area contributed by atoms with Crippen molar-refractivity contribution in [3.8, 4) is 0 Å². The summed E-state index contributed by atoms with van der Waals surface area (Å²) in [5.74, 6) is 0.756. The average Bonchev–Trinajstić information content (AvgIpc) is 2.49. The highest BCUT2D eigenvalue weighted by atomic mass is 35.5. The minimum absolute atomic E-state index is 0.106. The lowest BCUT2D eigenvalue weighted by Gasteiger charge is -2.35. The van der Waals surface area contributed by atoms with Crippen molar-refractivity contribution < 1.29 is 4.79 Å². The molecule has 3 heteroatoms. The minimum Gasteiger partial charge on any atom is -0.355 e. The highest BCUT2D eigenvalue weighted by Crippen LogP contribution is 2.36. The Labute approximate surface area is 126 Å². The molecule has 0 bridgehead atoms. The molecule has 0 unspecified atom stereocenters. The number of hydrogen-bond donors (Lipinski definition) is 1. The zero-order valence-corrected chi connectivity index (χ0v) is 13.0. The molecule has 1 amide bonds. The largest absolute Gasteiger partial charge is 0.355 e. The Balaban J connectivity index is 1.87. The Hall–Kier alpha value is -1.02. The first-order chi connectivity index (χ1) is 9.65. The van der Waals surface area contributed by atoms with Crippen LogP contribution in [0.5, 0.6) is 0 Å². The predicted octanol–water partition coefficient (Wildman–Crippen LogP) is 3.84. The zero-order valence-electron chi connectivity index (χ0n) is 12.3. The van der Waals surface area contributed by atoms with Gasteiger partial charge in [0, 0.05) is 17.8 Å². The normalized spacial score (nSPS) is 17.7. The summed E-state index contributed by atoms with van der Waals surface area (Å²) in [6.07, 6.45) is 6.52. The highest BCUT2D eigenvalue weighted by molar-refractivity contribution is 6.18. The lowest BCUT2D eigenvalue weighted by molar-refractivity contribution is -0.121. The van der Waals surface area contributed by atoms with Crippen LogP contribution in [-0.4, -0.2) is 18.3 Å². The lowest BCUT2D eigenvalue weighted by Crippen LogP contribution is -2.40. The molecule has 1 N–H and O–H groups in total. The Kier molecular flexibility index (Phi) is 5.47. The van der Waals surface area contributed by atoms with E-state index < -0.39 is 0 Å². The van der Waals surface area contributed by atoms with E-state index in [2.05, 4.69) is 5.32 Å². The summed E-state index contributed by atoms with van der Waals surface area (Å²) in [6.45, 7) is 2.77. The number of halogens is 1. The van der Waals surface area contributed by atoms with Gasteiger partial charge in [0.2, 0.25) is 5.91 Å². The fraction of sp³-hybridized carbons (Fsp3) is 0.588. The van der Waals surface area contributed by atoms with Gasteiger partial charge in [-0.15, -0.1) is 11.6 Å². The monoisotopic (exact) mass is 293 g/mol. The second kappa shape index (κ2) is 7.12. The lowest BCUT2D eigenvalue weighted by atomic mass is 9.75. The molecule has 0 radical (unpaired) electrons. The average molecular weight is 294 g/mol. The number of amides is 1. The van der Waals surface area contributed by atoms with Crippen LogP contribution in [0.1, 0.15) is 43.2 Å². The predicted molar refractivity (Wildman–Crippen MR) is 84.1 cm³/mol. The van der Waals surface area contributed by atoms with Crippen molar-refractivity contribution in [3.05, 3.63) is 35.4 Å². The molecule has 0 aromatic heterocycles. The van der Waals surface area contributed by atoms with Crippen molar-refractivity contribution >= 4 is 17.5 Å². The van der Waals surface area contributed by atoms with E-state index in [9.17, 15) is 4.79 Å². The molecule has 1 aromatic carbocycles. The van der Waals surface area contributed by atoms with Crippen LogP contribution in [0.15, 0.2) is 24.3 Å². The summed E-state index contributed by atoms with van der Waals surface area (Å²) in [5, 5.41) is 3.10. The summed E-state index contributed by atoms with van der Waals surface area (Å²) < 4.78 is 0. The van der Waals surface area contributed by atoms with Gasteiger partial charge in [0.05, 0.1) is 6.42 Å². The molecule has 110 valence electrons. The van der Waals surface area contributed by atoms with Crippen LogP contribution in [0, 0.1) is 12.3 Å². The standard InChI is InChI=1S/C17H24ClNO/c1-14-7-3-4-8-15(14)11-16(20)19-13-17(12-18)9-5-2-6-10-17/h3-4,7-8H,2,5-6,9-13H2,1H3,(H,19,20). The molecule has 2 nitrogen and oxygen atoms in total.